The summed E-state index contributed by atoms with van der Waals surface area (Å²) < 4.78 is 0. The minimum absolute atomic E-state index is 0.0967. The number of H-pyrrole nitrogens is 1. The summed E-state index contributed by atoms with van der Waals surface area (Å²) in [6.07, 6.45) is 3.25. The Labute approximate surface area is 161 Å². The first kappa shape index (κ1) is 17.9. The molecule has 2 aliphatic heterocycles. The molecule has 0 unspecified atom stereocenters. The van der Waals surface area contributed by atoms with Crippen molar-refractivity contribution in [3.63, 3.8) is 0 Å². The number of benzene rings is 1. The number of amides is 4. The van der Waals surface area contributed by atoms with Crippen molar-refractivity contribution in [1.82, 2.24) is 20.1 Å². The van der Waals surface area contributed by atoms with Gasteiger partial charge < -0.3 is 15.2 Å². The molecule has 1 aromatic carbocycles. The largest absolute Gasteiger partial charge is 0.359 e. The maximum absolute atomic E-state index is 13.0. The molecule has 1 spiro atoms. The zero-order chi connectivity index (χ0) is 19.2. The third-order valence-corrected chi connectivity index (χ3v) is 5.81. The van der Waals surface area contributed by atoms with Crippen molar-refractivity contribution < 1.29 is 14.4 Å². The summed E-state index contributed by atoms with van der Waals surface area (Å²) in [5.74, 6) is -0.263. The van der Waals surface area contributed by atoms with E-state index in [1.807, 2.05) is 19.1 Å². The molecule has 7 nitrogen and oxygen atoms in total. The number of carbonyl (C=O) groups is 3. The second kappa shape index (κ2) is 6.56. The molecule has 2 aromatic rings. The third-order valence-electron chi connectivity index (χ3n) is 5.49. The number of para-hydroxylation sites is 1. The molecule has 4 amide bonds. The molecule has 0 saturated carbocycles. The quantitative estimate of drug-likeness (QED) is 0.793. The molecular formula is C19H21ClN4O3. The Kier molecular flexibility index (Phi) is 4.34. The lowest BCUT2D eigenvalue weighted by atomic mass is 9.87. The van der Waals surface area contributed by atoms with Crippen molar-refractivity contribution in [3.05, 3.63) is 35.0 Å². The van der Waals surface area contributed by atoms with E-state index in [4.69, 9.17) is 11.6 Å². The summed E-state index contributed by atoms with van der Waals surface area (Å²) in [5, 5.41) is 4.21. The Balaban J connectivity index is 1.51. The van der Waals surface area contributed by atoms with Gasteiger partial charge in [-0.2, -0.15) is 0 Å². The summed E-state index contributed by atoms with van der Waals surface area (Å²) in [4.78, 5) is 43.9. The lowest BCUT2D eigenvalue weighted by Gasteiger charge is -2.37. The number of nitrogens with zero attached hydrogens (tertiary/aromatic N) is 2. The van der Waals surface area contributed by atoms with Crippen LogP contribution in [-0.2, 0) is 4.79 Å². The van der Waals surface area contributed by atoms with E-state index in [2.05, 4.69) is 10.3 Å². The fourth-order valence-corrected chi connectivity index (χ4v) is 4.23. The minimum atomic E-state index is -0.868. The van der Waals surface area contributed by atoms with Crippen molar-refractivity contribution >= 4 is 40.3 Å². The second-order valence-electron chi connectivity index (χ2n) is 7.13. The van der Waals surface area contributed by atoms with Crippen LogP contribution in [-0.4, -0.2) is 57.8 Å². The number of urea groups is 1. The summed E-state index contributed by atoms with van der Waals surface area (Å²) >= 11 is 6.17. The predicted octanol–water partition coefficient (Wildman–Crippen LogP) is 2.76. The zero-order valence-corrected chi connectivity index (χ0v) is 15.8. The van der Waals surface area contributed by atoms with Crippen molar-refractivity contribution in [2.75, 3.05) is 19.6 Å². The van der Waals surface area contributed by atoms with E-state index >= 15 is 0 Å². The van der Waals surface area contributed by atoms with E-state index < -0.39 is 5.54 Å². The molecule has 142 valence electrons. The van der Waals surface area contributed by atoms with E-state index in [1.54, 1.807) is 17.2 Å². The van der Waals surface area contributed by atoms with Crippen molar-refractivity contribution in [1.29, 1.82) is 0 Å². The molecule has 2 fully saturated rings. The number of carbonyl (C=O) groups excluding carboxylic acids is 3. The molecule has 0 bridgehead atoms. The molecule has 0 radical (unpaired) electrons. The number of imide groups is 1. The number of aromatic amines is 1. The molecule has 0 aliphatic carbocycles. The normalized spacial score (nSPS) is 19.2. The molecule has 1 aromatic heterocycles. The first-order valence-corrected chi connectivity index (χ1v) is 9.53. The molecule has 4 rings (SSSR count). The highest BCUT2D eigenvalue weighted by Crippen LogP contribution is 2.31. The van der Waals surface area contributed by atoms with Crippen LogP contribution in [0.2, 0.25) is 5.02 Å². The lowest BCUT2D eigenvalue weighted by molar-refractivity contribution is -0.132. The Morgan fingerprint density at radius 2 is 2.00 bits per heavy atom. The second-order valence-corrected chi connectivity index (χ2v) is 7.53. The van der Waals surface area contributed by atoms with E-state index in [0.29, 0.717) is 43.1 Å². The van der Waals surface area contributed by atoms with Gasteiger partial charge in [-0.15, -0.1) is 0 Å². The van der Waals surface area contributed by atoms with Crippen LogP contribution in [0.1, 0.15) is 36.5 Å². The maximum Gasteiger partial charge on any atom is 0.325 e. The first-order valence-electron chi connectivity index (χ1n) is 9.16. The first-order chi connectivity index (χ1) is 13.0. The fourth-order valence-electron chi connectivity index (χ4n) is 4.00. The number of likely N-dealkylation sites (tertiary alicyclic amines) is 1. The number of halogens is 1. The van der Waals surface area contributed by atoms with Gasteiger partial charge >= 0.3 is 6.03 Å². The van der Waals surface area contributed by atoms with Gasteiger partial charge in [0.15, 0.2) is 0 Å². The molecular weight excluding hydrogens is 368 g/mol. The average molecular weight is 389 g/mol. The van der Waals surface area contributed by atoms with Crippen LogP contribution < -0.4 is 5.32 Å². The maximum atomic E-state index is 13.0. The van der Waals surface area contributed by atoms with E-state index in [0.717, 1.165) is 17.3 Å². The Morgan fingerprint density at radius 3 is 2.70 bits per heavy atom. The Bertz CT molecular complexity index is 930. The smallest absolute Gasteiger partial charge is 0.325 e. The SMILES string of the molecule is CCCN1C(=O)NC2(CCN(C(=O)c3c[nH]c4c(Cl)cccc34)CC2)C1=O. The van der Waals surface area contributed by atoms with Gasteiger partial charge in [-0.25, -0.2) is 4.79 Å². The van der Waals surface area contributed by atoms with Gasteiger partial charge in [-0.3, -0.25) is 14.5 Å². The molecule has 0 atom stereocenters. The summed E-state index contributed by atoms with van der Waals surface area (Å²) in [6, 6.07) is 5.12. The summed E-state index contributed by atoms with van der Waals surface area (Å²) in [5.41, 5.74) is 0.439. The third kappa shape index (κ3) is 2.77. The average Bonchev–Trinajstić information content (AvgIpc) is 3.19. The van der Waals surface area contributed by atoms with Gasteiger partial charge in [0.1, 0.15) is 5.54 Å². The van der Waals surface area contributed by atoms with E-state index in [9.17, 15) is 14.4 Å². The minimum Gasteiger partial charge on any atom is -0.359 e. The fraction of sp³-hybridized carbons (Fsp3) is 0.421. The number of rotatable bonds is 3. The van der Waals surface area contributed by atoms with Crippen molar-refractivity contribution in [3.8, 4) is 0 Å². The standard InChI is InChI=1S/C19H21ClN4O3/c1-2-8-24-17(26)19(22-18(24)27)6-9-23(10-7-19)16(25)13-11-21-15-12(13)4-3-5-14(15)20/h3-5,11,21H,2,6-10H2,1H3,(H,22,27). The summed E-state index contributed by atoms with van der Waals surface area (Å²) in [7, 11) is 0. The molecule has 8 heteroatoms. The van der Waals surface area contributed by atoms with Crippen LogP contribution >= 0.6 is 11.6 Å². The molecule has 27 heavy (non-hydrogen) atoms. The van der Waals surface area contributed by atoms with Crippen LogP contribution in [0.3, 0.4) is 0 Å². The van der Waals surface area contributed by atoms with E-state index in [1.165, 1.54) is 4.90 Å². The number of hydrogen-bond acceptors (Lipinski definition) is 3. The number of hydrogen-bond donors (Lipinski definition) is 2. The highest BCUT2D eigenvalue weighted by atomic mass is 35.5. The van der Waals surface area contributed by atoms with Gasteiger partial charge in [0.2, 0.25) is 0 Å². The predicted molar refractivity (Wildman–Crippen MR) is 102 cm³/mol. The Morgan fingerprint density at radius 1 is 1.26 bits per heavy atom. The monoisotopic (exact) mass is 388 g/mol. The van der Waals surface area contributed by atoms with Gasteiger partial charge in [0, 0.05) is 31.2 Å². The molecule has 2 N–H and O–H groups in total. The number of fused-ring (bicyclic) bond motifs is 1. The van der Waals surface area contributed by atoms with Gasteiger partial charge in [0.05, 0.1) is 16.1 Å². The molecule has 2 saturated heterocycles. The Hall–Kier alpha value is -2.54. The van der Waals surface area contributed by atoms with Crippen LogP contribution in [0.4, 0.5) is 4.79 Å². The summed E-state index contributed by atoms with van der Waals surface area (Å²) in [6.45, 7) is 3.18. The van der Waals surface area contributed by atoms with Gasteiger partial charge in [-0.05, 0) is 25.3 Å². The van der Waals surface area contributed by atoms with Crippen LogP contribution in [0, 0.1) is 0 Å². The molecule has 3 heterocycles. The van der Waals surface area contributed by atoms with Crippen molar-refractivity contribution in [2.45, 2.75) is 31.7 Å². The highest BCUT2D eigenvalue weighted by molar-refractivity contribution is 6.35. The topological polar surface area (TPSA) is 85.5 Å². The molecule has 2 aliphatic rings. The van der Waals surface area contributed by atoms with Gasteiger partial charge in [-0.1, -0.05) is 30.7 Å². The lowest BCUT2D eigenvalue weighted by Crippen LogP contribution is -2.55. The zero-order valence-electron chi connectivity index (χ0n) is 15.0. The number of piperidine rings is 1. The highest BCUT2D eigenvalue weighted by Gasteiger charge is 2.52. The van der Waals surface area contributed by atoms with Crippen LogP contribution in [0.15, 0.2) is 24.4 Å². The van der Waals surface area contributed by atoms with Gasteiger partial charge in [0.25, 0.3) is 11.8 Å². The van der Waals surface area contributed by atoms with Crippen LogP contribution in [0.5, 0.6) is 0 Å². The van der Waals surface area contributed by atoms with Crippen LogP contribution in [0.25, 0.3) is 10.9 Å². The van der Waals surface area contributed by atoms with Crippen molar-refractivity contribution in [2.24, 2.45) is 0 Å². The number of aromatic nitrogens is 1. The number of nitrogens with one attached hydrogen (secondary N) is 2. The van der Waals surface area contributed by atoms with E-state index in [-0.39, 0.29) is 17.8 Å².